The molecule has 0 amide bonds. The first-order valence-electron chi connectivity index (χ1n) is 10.3. The van der Waals surface area contributed by atoms with Gasteiger partial charge in [-0.15, -0.1) is 0 Å². The van der Waals surface area contributed by atoms with Crippen LogP contribution in [0.3, 0.4) is 0 Å². The van der Waals surface area contributed by atoms with Gasteiger partial charge >= 0.3 is 0 Å². The summed E-state index contributed by atoms with van der Waals surface area (Å²) in [5.74, 6) is 1.06. The smallest absolute Gasteiger partial charge is 0.117 e. The largest absolute Gasteiger partial charge is 0.314 e. The van der Waals surface area contributed by atoms with E-state index in [0.29, 0.717) is 0 Å². The molecule has 148 valence electrons. The molecule has 29 heavy (non-hydrogen) atoms. The lowest BCUT2D eigenvalue weighted by Crippen LogP contribution is -2.07. The molecular weight excluding hydrogens is 358 g/mol. The number of allylic oxidation sites excluding steroid dienone is 3. The third-order valence-corrected chi connectivity index (χ3v) is 5.21. The first kappa shape index (κ1) is 19.3. The number of aromatic nitrogens is 4. The molecule has 1 N–H and O–H groups in total. The normalized spacial score (nSPS) is 14.4. The van der Waals surface area contributed by atoms with Gasteiger partial charge in [0.05, 0.1) is 11.4 Å². The second kappa shape index (κ2) is 9.43. The number of imidazole rings is 1. The molecule has 0 unspecified atom stereocenters. The number of rotatable bonds is 3. The Bertz CT molecular complexity index is 976. The van der Waals surface area contributed by atoms with Crippen molar-refractivity contribution in [2.45, 2.75) is 38.6 Å². The Morgan fingerprint density at radius 1 is 1.07 bits per heavy atom. The fourth-order valence-electron chi connectivity index (χ4n) is 3.85. The lowest BCUT2D eigenvalue weighted by Gasteiger charge is -2.12. The molecule has 0 saturated carbocycles. The Balaban J connectivity index is 0.000000171. The van der Waals surface area contributed by atoms with Gasteiger partial charge in [-0.25, -0.2) is 4.98 Å². The Morgan fingerprint density at radius 2 is 1.97 bits per heavy atom. The number of hydrogen-bond acceptors (Lipinski definition) is 4. The lowest BCUT2D eigenvalue weighted by atomic mass is 9.96. The van der Waals surface area contributed by atoms with Crippen molar-refractivity contribution in [2.24, 2.45) is 0 Å². The van der Waals surface area contributed by atoms with Crippen LogP contribution in [0.4, 0.5) is 0 Å². The molecule has 4 heterocycles. The van der Waals surface area contributed by atoms with Crippen LogP contribution in [-0.4, -0.2) is 26.6 Å². The summed E-state index contributed by atoms with van der Waals surface area (Å²) in [5, 5.41) is 3.18. The topological polar surface area (TPSA) is 55.6 Å². The van der Waals surface area contributed by atoms with E-state index in [2.05, 4.69) is 50.3 Å². The number of hydrogen-bond donors (Lipinski definition) is 1. The number of nitrogens with one attached hydrogen (secondary N) is 1. The molecular formula is C24H27N5. The average molecular weight is 386 g/mol. The zero-order chi connectivity index (χ0) is 19.9. The number of fused-ring (bicyclic) bond motifs is 2. The van der Waals surface area contributed by atoms with E-state index in [9.17, 15) is 0 Å². The highest BCUT2D eigenvalue weighted by molar-refractivity contribution is 5.65. The van der Waals surface area contributed by atoms with Crippen LogP contribution in [-0.2, 0) is 25.8 Å². The van der Waals surface area contributed by atoms with Crippen molar-refractivity contribution in [3.63, 3.8) is 0 Å². The van der Waals surface area contributed by atoms with Crippen molar-refractivity contribution < 1.29 is 0 Å². The van der Waals surface area contributed by atoms with Gasteiger partial charge in [0.25, 0.3) is 0 Å². The molecule has 0 atom stereocenters. The van der Waals surface area contributed by atoms with Gasteiger partial charge in [0.15, 0.2) is 0 Å². The molecule has 1 aliphatic heterocycles. The maximum Gasteiger partial charge on any atom is 0.117 e. The van der Waals surface area contributed by atoms with Crippen molar-refractivity contribution in [3.8, 4) is 11.3 Å². The molecule has 0 bridgehead atoms. The maximum absolute atomic E-state index is 4.75. The molecule has 0 saturated heterocycles. The molecule has 5 nitrogen and oxygen atoms in total. The van der Waals surface area contributed by atoms with Gasteiger partial charge in [0, 0.05) is 49.0 Å². The lowest BCUT2D eigenvalue weighted by molar-refractivity contribution is 0.668. The van der Waals surface area contributed by atoms with Crippen LogP contribution in [0.5, 0.6) is 0 Å². The van der Waals surface area contributed by atoms with E-state index < -0.39 is 0 Å². The zero-order valence-electron chi connectivity index (χ0n) is 16.9. The fourth-order valence-corrected chi connectivity index (χ4v) is 3.85. The van der Waals surface area contributed by atoms with Crippen LogP contribution < -0.4 is 5.32 Å². The van der Waals surface area contributed by atoms with Crippen LogP contribution in [0.2, 0.25) is 0 Å². The molecule has 0 fully saturated rings. The van der Waals surface area contributed by atoms with Crippen LogP contribution in [0, 0.1) is 0 Å². The van der Waals surface area contributed by atoms with Gasteiger partial charge in [0.1, 0.15) is 5.82 Å². The number of nitrogens with zero attached hydrogens (tertiary/aromatic N) is 4. The molecule has 1 aliphatic carbocycles. The Kier molecular flexibility index (Phi) is 6.27. The second-order valence-electron chi connectivity index (χ2n) is 7.26. The molecule has 0 radical (unpaired) electrons. The van der Waals surface area contributed by atoms with Crippen LogP contribution in [0.1, 0.15) is 35.6 Å². The summed E-state index contributed by atoms with van der Waals surface area (Å²) in [7, 11) is 1.94. The average Bonchev–Trinajstić information content (AvgIpc) is 2.95. The summed E-state index contributed by atoms with van der Waals surface area (Å²) in [6.45, 7) is 0.752. The first-order valence-corrected chi connectivity index (χ1v) is 10.3. The molecule has 0 aromatic carbocycles. The summed E-state index contributed by atoms with van der Waals surface area (Å²) >= 11 is 0. The predicted octanol–water partition coefficient (Wildman–Crippen LogP) is 4.21. The standard InChI is InChI=1S/C15H16N4.C9H11N/c1-16-11-13-15(12-6-5-8-17-10-12)19-9-4-2-3-7-14(19)18-13;1-2-6-9-8(4-1)5-3-7-10-9/h2-6,8-10,16H,7,11H2,1H3;3,5,7H,1-2,4,6H2. The first-order chi connectivity index (χ1) is 14.4. The monoisotopic (exact) mass is 385 g/mol. The maximum atomic E-state index is 4.75. The molecule has 0 spiro atoms. The van der Waals surface area contributed by atoms with Crippen molar-refractivity contribution >= 4 is 6.20 Å². The van der Waals surface area contributed by atoms with Crippen LogP contribution in [0.25, 0.3) is 17.5 Å². The summed E-state index contributed by atoms with van der Waals surface area (Å²) < 4.78 is 2.16. The van der Waals surface area contributed by atoms with E-state index in [1.807, 2.05) is 37.7 Å². The van der Waals surface area contributed by atoms with Crippen molar-refractivity contribution in [1.82, 2.24) is 24.8 Å². The number of pyridine rings is 2. The second-order valence-corrected chi connectivity index (χ2v) is 7.26. The third kappa shape index (κ3) is 4.51. The summed E-state index contributed by atoms with van der Waals surface area (Å²) in [6, 6.07) is 8.26. The molecule has 3 aromatic heterocycles. The van der Waals surface area contributed by atoms with Gasteiger partial charge in [-0.3, -0.25) is 9.97 Å². The summed E-state index contributed by atoms with van der Waals surface area (Å²) in [6.07, 6.45) is 19.8. The van der Waals surface area contributed by atoms with Gasteiger partial charge in [-0.2, -0.15) is 0 Å². The highest BCUT2D eigenvalue weighted by atomic mass is 15.1. The number of aryl methyl sites for hydroxylation is 2. The highest BCUT2D eigenvalue weighted by Gasteiger charge is 2.17. The minimum atomic E-state index is 0.752. The molecule has 5 rings (SSSR count). The van der Waals surface area contributed by atoms with E-state index in [4.69, 9.17) is 4.98 Å². The fraction of sp³-hybridized carbons (Fsp3) is 0.292. The van der Waals surface area contributed by atoms with E-state index >= 15 is 0 Å². The minimum absolute atomic E-state index is 0.752. The van der Waals surface area contributed by atoms with E-state index in [0.717, 1.165) is 35.7 Å². The summed E-state index contributed by atoms with van der Waals surface area (Å²) in [5.41, 5.74) is 6.07. The van der Waals surface area contributed by atoms with E-state index in [-0.39, 0.29) is 0 Å². The van der Waals surface area contributed by atoms with Crippen LogP contribution >= 0.6 is 0 Å². The Labute approximate surface area is 172 Å². The van der Waals surface area contributed by atoms with E-state index in [1.54, 1.807) is 6.20 Å². The highest BCUT2D eigenvalue weighted by Crippen LogP contribution is 2.26. The quantitative estimate of drug-likeness (QED) is 0.734. The molecule has 2 aliphatic rings. The van der Waals surface area contributed by atoms with Crippen molar-refractivity contribution in [2.75, 3.05) is 7.05 Å². The SMILES string of the molecule is CNCc1nc2n(c1-c1cccnc1)C=CC=CC2.c1cnc2c(c1)CCCC2. The third-order valence-electron chi connectivity index (χ3n) is 5.21. The van der Waals surface area contributed by atoms with E-state index in [1.165, 1.54) is 36.9 Å². The van der Waals surface area contributed by atoms with Crippen LogP contribution in [0.15, 0.2) is 61.1 Å². The molecule has 5 heteroatoms. The van der Waals surface area contributed by atoms with Crippen molar-refractivity contribution in [1.29, 1.82) is 0 Å². The minimum Gasteiger partial charge on any atom is -0.314 e. The predicted molar refractivity (Wildman–Crippen MR) is 117 cm³/mol. The van der Waals surface area contributed by atoms with Gasteiger partial charge in [-0.05, 0) is 62.6 Å². The van der Waals surface area contributed by atoms with Gasteiger partial charge in [0.2, 0.25) is 0 Å². The van der Waals surface area contributed by atoms with Crippen molar-refractivity contribution in [3.05, 3.63) is 83.9 Å². The Hall–Kier alpha value is -3.05. The summed E-state index contributed by atoms with van der Waals surface area (Å²) in [4.78, 5) is 13.3. The van der Waals surface area contributed by atoms with Gasteiger partial charge < -0.3 is 9.88 Å². The zero-order valence-corrected chi connectivity index (χ0v) is 16.9. The molecule has 3 aromatic rings. The van der Waals surface area contributed by atoms with Gasteiger partial charge in [-0.1, -0.05) is 18.2 Å². The Morgan fingerprint density at radius 3 is 2.79 bits per heavy atom.